The van der Waals surface area contributed by atoms with E-state index in [1.807, 2.05) is 0 Å². The summed E-state index contributed by atoms with van der Waals surface area (Å²) >= 11 is 0. The van der Waals surface area contributed by atoms with E-state index in [1.165, 1.54) is 6.07 Å². The smallest absolute Gasteiger partial charge is 0.312 e. The van der Waals surface area contributed by atoms with Crippen molar-refractivity contribution in [1.82, 2.24) is 5.32 Å². The molecule has 1 aromatic rings. The van der Waals surface area contributed by atoms with E-state index in [0.29, 0.717) is 5.56 Å². The van der Waals surface area contributed by atoms with Crippen LogP contribution in [0.4, 0.5) is 10.5 Å². The van der Waals surface area contributed by atoms with Gasteiger partial charge in [-0.15, -0.1) is 0 Å². The van der Waals surface area contributed by atoms with Crippen molar-refractivity contribution in [2.75, 3.05) is 0 Å². The summed E-state index contributed by atoms with van der Waals surface area (Å²) in [5, 5.41) is 13.1. The van der Waals surface area contributed by atoms with Gasteiger partial charge >= 0.3 is 6.03 Å². The zero-order valence-corrected chi connectivity index (χ0v) is 8.14. The van der Waals surface area contributed by atoms with Gasteiger partial charge in [-0.05, 0) is 6.92 Å². The molecule has 3 N–H and O–H groups in total. The van der Waals surface area contributed by atoms with Gasteiger partial charge < -0.3 is 11.1 Å². The summed E-state index contributed by atoms with van der Waals surface area (Å²) in [4.78, 5) is 20.8. The quantitative estimate of drug-likeness (QED) is 0.580. The van der Waals surface area contributed by atoms with E-state index in [-0.39, 0.29) is 5.69 Å². The van der Waals surface area contributed by atoms with Gasteiger partial charge in [-0.1, -0.05) is 18.2 Å². The number of para-hydroxylation sites is 1. The van der Waals surface area contributed by atoms with Crippen LogP contribution in [0.25, 0.3) is 0 Å². The molecule has 0 fully saturated rings. The van der Waals surface area contributed by atoms with E-state index in [4.69, 9.17) is 5.73 Å². The van der Waals surface area contributed by atoms with Crippen molar-refractivity contribution in [2.24, 2.45) is 5.73 Å². The molecule has 0 unspecified atom stereocenters. The van der Waals surface area contributed by atoms with Crippen LogP contribution in [-0.4, -0.2) is 11.0 Å². The zero-order chi connectivity index (χ0) is 11.4. The van der Waals surface area contributed by atoms with Crippen LogP contribution < -0.4 is 11.1 Å². The van der Waals surface area contributed by atoms with E-state index < -0.39 is 17.0 Å². The monoisotopic (exact) mass is 209 g/mol. The molecule has 0 aromatic heterocycles. The largest absolute Gasteiger partial charge is 0.352 e. The average molecular weight is 209 g/mol. The Balaban J connectivity index is 3.02. The lowest BCUT2D eigenvalue weighted by atomic mass is 10.1. The minimum atomic E-state index is -0.708. The number of carbonyl (C=O) groups is 1. The molecule has 0 spiro atoms. The molecule has 6 nitrogen and oxygen atoms in total. The van der Waals surface area contributed by atoms with E-state index in [1.54, 1.807) is 25.1 Å². The van der Waals surface area contributed by atoms with Crippen LogP contribution in [0.15, 0.2) is 24.3 Å². The fraction of sp³-hybridized carbons (Fsp3) is 0.222. The first-order valence-corrected chi connectivity index (χ1v) is 4.31. The number of hydrogen-bond acceptors (Lipinski definition) is 3. The van der Waals surface area contributed by atoms with E-state index >= 15 is 0 Å². The maximum Gasteiger partial charge on any atom is 0.312 e. The highest BCUT2D eigenvalue weighted by molar-refractivity contribution is 5.72. The minimum absolute atomic E-state index is 0.0289. The van der Waals surface area contributed by atoms with Gasteiger partial charge in [-0.2, -0.15) is 0 Å². The number of rotatable bonds is 3. The molecule has 1 aromatic carbocycles. The molecular weight excluding hydrogens is 198 g/mol. The third-order valence-corrected chi connectivity index (χ3v) is 1.96. The normalized spacial score (nSPS) is 11.8. The number of nitrogens with zero attached hydrogens (tertiary/aromatic N) is 1. The summed E-state index contributed by atoms with van der Waals surface area (Å²) in [6.07, 6.45) is 0. The number of carbonyl (C=O) groups excluding carboxylic acids is 1. The Morgan fingerprint density at radius 1 is 1.53 bits per heavy atom. The molecular formula is C9H11N3O3. The van der Waals surface area contributed by atoms with Crippen LogP contribution in [0.1, 0.15) is 18.5 Å². The van der Waals surface area contributed by atoms with Crippen molar-refractivity contribution in [2.45, 2.75) is 13.0 Å². The molecule has 0 heterocycles. The standard InChI is InChI=1S/C9H11N3O3/c1-6(11-9(10)13)7-4-2-3-5-8(7)12(14)15/h2-6H,1H3,(H3,10,11,13)/t6-/m0/s1. The van der Waals surface area contributed by atoms with Crippen LogP contribution >= 0.6 is 0 Å². The lowest BCUT2D eigenvalue weighted by Crippen LogP contribution is -2.31. The number of nitrogens with two attached hydrogens (primary N) is 1. The van der Waals surface area contributed by atoms with Gasteiger partial charge in [0.1, 0.15) is 0 Å². The summed E-state index contributed by atoms with van der Waals surface area (Å²) < 4.78 is 0. The van der Waals surface area contributed by atoms with Crippen molar-refractivity contribution in [3.8, 4) is 0 Å². The number of hydrogen-bond donors (Lipinski definition) is 2. The van der Waals surface area contributed by atoms with Crippen molar-refractivity contribution in [1.29, 1.82) is 0 Å². The number of benzene rings is 1. The molecule has 0 radical (unpaired) electrons. The maximum absolute atomic E-state index is 10.7. The third-order valence-electron chi connectivity index (χ3n) is 1.96. The van der Waals surface area contributed by atoms with Gasteiger partial charge in [0.2, 0.25) is 0 Å². The summed E-state index contributed by atoms with van der Waals surface area (Å²) in [6, 6.07) is 5.01. The summed E-state index contributed by atoms with van der Waals surface area (Å²) in [5.41, 5.74) is 5.34. The second-order valence-electron chi connectivity index (χ2n) is 3.05. The summed E-state index contributed by atoms with van der Waals surface area (Å²) in [7, 11) is 0. The van der Waals surface area contributed by atoms with Crippen molar-refractivity contribution in [3.05, 3.63) is 39.9 Å². The Bertz CT molecular complexity index is 392. The Labute approximate surface area is 86.2 Å². The molecule has 1 rings (SSSR count). The number of amides is 2. The second kappa shape index (κ2) is 4.41. The van der Waals surface area contributed by atoms with Gasteiger partial charge in [0.15, 0.2) is 0 Å². The van der Waals surface area contributed by atoms with Crippen molar-refractivity contribution < 1.29 is 9.72 Å². The van der Waals surface area contributed by atoms with Crippen LogP contribution in [0.2, 0.25) is 0 Å². The molecule has 0 saturated carbocycles. The molecule has 0 aliphatic carbocycles. The lowest BCUT2D eigenvalue weighted by molar-refractivity contribution is -0.385. The first kappa shape index (κ1) is 11.0. The Hall–Kier alpha value is -2.11. The predicted molar refractivity (Wildman–Crippen MR) is 54.2 cm³/mol. The number of nitro groups is 1. The Morgan fingerprint density at radius 2 is 2.13 bits per heavy atom. The molecule has 80 valence electrons. The highest BCUT2D eigenvalue weighted by Gasteiger charge is 2.18. The van der Waals surface area contributed by atoms with Crippen LogP contribution in [0, 0.1) is 10.1 Å². The van der Waals surface area contributed by atoms with E-state index in [0.717, 1.165) is 0 Å². The topological polar surface area (TPSA) is 98.3 Å². The minimum Gasteiger partial charge on any atom is -0.352 e. The fourth-order valence-corrected chi connectivity index (χ4v) is 1.31. The average Bonchev–Trinajstić information content (AvgIpc) is 2.16. The van der Waals surface area contributed by atoms with Gasteiger partial charge in [0, 0.05) is 6.07 Å². The molecule has 0 saturated heterocycles. The van der Waals surface area contributed by atoms with Gasteiger partial charge in [-0.25, -0.2) is 4.79 Å². The Kier molecular flexibility index (Phi) is 3.22. The summed E-state index contributed by atoms with van der Waals surface area (Å²) in [6.45, 7) is 1.63. The number of nitrogens with one attached hydrogen (secondary N) is 1. The van der Waals surface area contributed by atoms with Gasteiger partial charge in [0.25, 0.3) is 5.69 Å². The molecule has 0 aliphatic heterocycles. The molecule has 6 heteroatoms. The molecule has 0 bridgehead atoms. The fourth-order valence-electron chi connectivity index (χ4n) is 1.31. The van der Waals surface area contributed by atoms with Crippen LogP contribution in [0.3, 0.4) is 0 Å². The maximum atomic E-state index is 10.7. The molecule has 0 aliphatic rings. The predicted octanol–water partition coefficient (Wildman–Crippen LogP) is 1.32. The SMILES string of the molecule is C[C@H](NC(N)=O)c1ccccc1[N+](=O)[O-]. The number of nitro benzene ring substituents is 1. The number of urea groups is 1. The third kappa shape index (κ3) is 2.67. The van der Waals surface area contributed by atoms with Crippen LogP contribution in [-0.2, 0) is 0 Å². The first-order valence-electron chi connectivity index (χ1n) is 4.31. The summed E-state index contributed by atoms with van der Waals surface area (Å²) in [5.74, 6) is 0. The van der Waals surface area contributed by atoms with E-state index in [2.05, 4.69) is 5.32 Å². The molecule has 15 heavy (non-hydrogen) atoms. The van der Waals surface area contributed by atoms with Gasteiger partial charge in [0.05, 0.1) is 16.5 Å². The molecule has 2 amide bonds. The second-order valence-corrected chi connectivity index (χ2v) is 3.05. The Morgan fingerprint density at radius 3 is 2.67 bits per heavy atom. The van der Waals surface area contributed by atoms with E-state index in [9.17, 15) is 14.9 Å². The number of primary amides is 1. The highest BCUT2D eigenvalue weighted by atomic mass is 16.6. The molecule has 1 atom stereocenters. The van der Waals surface area contributed by atoms with Crippen LogP contribution in [0.5, 0.6) is 0 Å². The highest BCUT2D eigenvalue weighted by Crippen LogP contribution is 2.23. The zero-order valence-electron chi connectivity index (χ0n) is 8.14. The van der Waals surface area contributed by atoms with Crippen molar-refractivity contribution in [3.63, 3.8) is 0 Å². The first-order chi connectivity index (χ1) is 7.02. The van der Waals surface area contributed by atoms with Gasteiger partial charge in [-0.3, -0.25) is 10.1 Å². The van der Waals surface area contributed by atoms with Crippen molar-refractivity contribution >= 4 is 11.7 Å². The lowest BCUT2D eigenvalue weighted by Gasteiger charge is -2.12.